The molecule has 0 saturated carbocycles. The lowest BCUT2D eigenvalue weighted by Gasteiger charge is -2.31. The molecular weight excluding hydrogens is 294 g/mol. The molecule has 1 unspecified atom stereocenters. The third-order valence-electron chi connectivity index (χ3n) is 3.20. The highest BCUT2D eigenvalue weighted by Crippen LogP contribution is 2.38. The number of benzene rings is 1. The summed E-state index contributed by atoms with van der Waals surface area (Å²) < 4.78 is 1.13. The van der Waals surface area contributed by atoms with E-state index in [0.717, 1.165) is 3.79 Å². The van der Waals surface area contributed by atoms with E-state index in [4.69, 9.17) is 5.73 Å². The van der Waals surface area contributed by atoms with Crippen molar-refractivity contribution in [3.63, 3.8) is 0 Å². The van der Waals surface area contributed by atoms with Crippen LogP contribution in [-0.4, -0.2) is 0 Å². The van der Waals surface area contributed by atoms with Crippen molar-refractivity contribution in [2.45, 2.75) is 25.3 Å². The lowest BCUT2D eigenvalue weighted by atomic mass is 9.77. The Morgan fingerprint density at radius 3 is 2.29 bits per heavy atom. The van der Waals surface area contributed by atoms with Crippen LogP contribution in [0.3, 0.4) is 0 Å². The van der Waals surface area contributed by atoms with Gasteiger partial charge in [0.2, 0.25) is 0 Å². The Bertz CT molecular complexity index is 490. The third kappa shape index (κ3) is 2.62. The van der Waals surface area contributed by atoms with Crippen molar-refractivity contribution >= 4 is 27.3 Å². The highest BCUT2D eigenvalue weighted by molar-refractivity contribution is 9.11. The molecule has 90 valence electrons. The van der Waals surface area contributed by atoms with Gasteiger partial charge < -0.3 is 5.73 Å². The largest absolute Gasteiger partial charge is 0.323 e. The van der Waals surface area contributed by atoms with Crippen LogP contribution in [0.5, 0.6) is 0 Å². The smallest absolute Gasteiger partial charge is 0.0701 e. The van der Waals surface area contributed by atoms with Gasteiger partial charge in [0.1, 0.15) is 0 Å². The molecule has 1 aromatic heterocycles. The third-order valence-corrected chi connectivity index (χ3v) is 4.90. The van der Waals surface area contributed by atoms with E-state index in [1.54, 1.807) is 11.3 Å². The lowest BCUT2D eigenvalue weighted by molar-refractivity contribution is 0.426. The summed E-state index contributed by atoms with van der Waals surface area (Å²) in [6.07, 6.45) is 0. The number of hydrogen-bond donors (Lipinski definition) is 1. The summed E-state index contributed by atoms with van der Waals surface area (Å²) in [6, 6.07) is 14.6. The van der Waals surface area contributed by atoms with E-state index in [9.17, 15) is 0 Å². The van der Waals surface area contributed by atoms with E-state index >= 15 is 0 Å². The first kappa shape index (κ1) is 12.8. The molecule has 0 radical (unpaired) electrons. The Balaban J connectivity index is 2.33. The van der Waals surface area contributed by atoms with Crippen LogP contribution in [0, 0.1) is 0 Å². The van der Waals surface area contributed by atoms with Gasteiger partial charge >= 0.3 is 0 Å². The normalized spacial score (nSPS) is 13.6. The van der Waals surface area contributed by atoms with Gasteiger partial charge in [0.05, 0.1) is 3.79 Å². The monoisotopic (exact) mass is 309 g/mol. The van der Waals surface area contributed by atoms with E-state index in [0.29, 0.717) is 0 Å². The van der Waals surface area contributed by atoms with Crippen molar-refractivity contribution in [1.82, 2.24) is 0 Å². The van der Waals surface area contributed by atoms with Crippen molar-refractivity contribution in [1.29, 1.82) is 0 Å². The number of halogens is 1. The number of thiophene rings is 1. The number of nitrogens with two attached hydrogens (primary N) is 1. The maximum atomic E-state index is 6.41. The summed E-state index contributed by atoms with van der Waals surface area (Å²) in [4.78, 5) is 1.21. The predicted molar refractivity (Wildman–Crippen MR) is 78.4 cm³/mol. The topological polar surface area (TPSA) is 26.0 Å². The molecule has 0 aliphatic rings. The van der Waals surface area contributed by atoms with Crippen molar-refractivity contribution in [3.05, 3.63) is 56.7 Å². The molecule has 0 fully saturated rings. The van der Waals surface area contributed by atoms with Crippen LogP contribution in [0.25, 0.3) is 0 Å². The quantitative estimate of drug-likeness (QED) is 0.888. The lowest BCUT2D eigenvalue weighted by Crippen LogP contribution is -2.32. The van der Waals surface area contributed by atoms with Gasteiger partial charge in [-0.05, 0) is 33.6 Å². The fraction of sp³-hybridized carbons (Fsp3) is 0.286. The van der Waals surface area contributed by atoms with Gasteiger partial charge in [-0.3, -0.25) is 0 Å². The second kappa shape index (κ2) is 4.92. The average molecular weight is 310 g/mol. The van der Waals surface area contributed by atoms with E-state index < -0.39 is 0 Å². The first-order valence-electron chi connectivity index (χ1n) is 5.58. The van der Waals surface area contributed by atoms with E-state index in [1.165, 1.54) is 10.4 Å². The molecule has 0 aliphatic heterocycles. The molecule has 2 aromatic rings. The highest BCUT2D eigenvalue weighted by atomic mass is 79.9. The highest BCUT2D eigenvalue weighted by Gasteiger charge is 2.30. The first-order chi connectivity index (χ1) is 8.01. The molecule has 1 nitrogen and oxygen atoms in total. The summed E-state index contributed by atoms with van der Waals surface area (Å²) in [5.74, 6) is 0. The van der Waals surface area contributed by atoms with Crippen LogP contribution < -0.4 is 5.73 Å². The molecule has 1 aromatic carbocycles. The first-order valence-corrected chi connectivity index (χ1v) is 7.19. The zero-order valence-corrected chi connectivity index (χ0v) is 12.4. The Morgan fingerprint density at radius 1 is 1.12 bits per heavy atom. The fourth-order valence-corrected chi connectivity index (χ4v) is 3.51. The Labute approximate surface area is 115 Å². The van der Waals surface area contributed by atoms with Crippen LogP contribution in [0.1, 0.15) is 30.3 Å². The molecule has 0 aliphatic carbocycles. The van der Waals surface area contributed by atoms with E-state index in [1.807, 2.05) is 6.07 Å². The van der Waals surface area contributed by atoms with Gasteiger partial charge in [-0.15, -0.1) is 11.3 Å². The van der Waals surface area contributed by atoms with Crippen molar-refractivity contribution in [2.24, 2.45) is 5.73 Å². The maximum Gasteiger partial charge on any atom is 0.0701 e. The summed E-state index contributed by atoms with van der Waals surface area (Å²) in [6.45, 7) is 4.39. The van der Waals surface area contributed by atoms with Crippen molar-refractivity contribution < 1.29 is 0 Å². The molecule has 1 heterocycles. The fourth-order valence-electron chi connectivity index (χ4n) is 1.90. The van der Waals surface area contributed by atoms with E-state index in [-0.39, 0.29) is 11.5 Å². The summed E-state index contributed by atoms with van der Waals surface area (Å²) in [7, 11) is 0. The van der Waals surface area contributed by atoms with Crippen LogP contribution in [0.4, 0.5) is 0 Å². The summed E-state index contributed by atoms with van der Waals surface area (Å²) >= 11 is 5.20. The number of hydrogen-bond acceptors (Lipinski definition) is 2. The zero-order chi connectivity index (χ0) is 12.5. The Kier molecular flexibility index (Phi) is 3.71. The maximum absolute atomic E-state index is 6.41. The molecule has 0 spiro atoms. The van der Waals surface area contributed by atoms with Crippen LogP contribution in [0.15, 0.2) is 46.3 Å². The van der Waals surface area contributed by atoms with Gasteiger partial charge in [-0.2, -0.15) is 0 Å². The van der Waals surface area contributed by atoms with Gasteiger partial charge in [-0.1, -0.05) is 44.2 Å². The molecule has 3 heteroatoms. The summed E-state index contributed by atoms with van der Waals surface area (Å²) in [5, 5.41) is 0. The minimum Gasteiger partial charge on any atom is -0.323 e. The molecule has 0 bridgehead atoms. The van der Waals surface area contributed by atoms with Crippen molar-refractivity contribution in [2.75, 3.05) is 0 Å². The summed E-state index contributed by atoms with van der Waals surface area (Å²) in [5.41, 5.74) is 7.62. The predicted octanol–water partition coefficient (Wildman–Crippen LogP) is 4.49. The van der Waals surface area contributed by atoms with Crippen LogP contribution in [0.2, 0.25) is 0 Å². The van der Waals surface area contributed by atoms with Gasteiger partial charge in [0.15, 0.2) is 0 Å². The SMILES string of the molecule is CC(C)(c1ccccc1)C(N)c1ccc(Br)s1. The molecule has 0 saturated heterocycles. The van der Waals surface area contributed by atoms with Gasteiger partial charge in [-0.25, -0.2) is 0 Å². The molecule has 0 amide bonds. The van der Waals surface area contributed by atoms with Crippen LogP contribution in [-0.2, 0) is 5.41 Å². The standard InChI is InChI=1S/C14H16BrNS/c1-14(2,10-6-4-3-5-7-10)13(16)11-8-9-12(15)17-11/h3-9,13H,16H2,1-2H3. The second-order valence-electron chi connectivity index (χ2n) is 4.71. The molecule has 2 rings (SSSR count). The minimum atomic E-state index is -0.0639. The Hall–Kier alpha value is -0.640. The van der Waals surface area contributed by atoms with Crippen molar-refractivity contribution in [3.8, 4) is 0 Å². The van der Waals surface area contributed by atoms with Crippen LogP contribution >= 0.6 is 27.3 Å². The molecule has 2 N–H and O–H groups in total. The Morgan fingerprint density at radius 2 is 1.76 bits per heavy atom. The zero-order valence-electron chi connectivity index (χ0n) is 9.98. The van der Waals surface area contributed by atoms with E-state index in [2.05, 4.69) is 66.2 Å². The van der Waals surface area contributed by atoms with Gasteiger partial charge in [0, 0.05) is 16.3 Å². The molecule has 1 atom stereocenters. The molecular formula is C14H16BrNS. The van der Waals surface area contributed by atoms with Gasteiger partial charge in [0.25, 0.3) is 0 Å². The second-order valence-corrected chi connectivity index (χ2v) is 7.20. The minimum absolute atomic E-state index is 0.0150. The average Bonchev–Trinajstić information content (AvgIpc) is 2.76. The molecule has 17 heavy (non-hydrogen) atoms. The number of rotatable bonds is 3.